The minimum atomic E-state index is -0.265. The second-order valence-electron chi connectivity index (χ2n) is 4.98. The van der Waals surface area contributed by atoms with Gasteiger partial charge in [0.15, 0.2) is 0 Å². The van der Waals surface area contributed by atoms with Gasteiger partial charge >= 0.3 is 0 Å². The third-order valence-electron chi connectivity index (χ3n) is 3.24. The number of hydrogen-bond donors (Lipinski definition) is 3. The van der Waals surface area contributed by atoms with Crippen molar-refractivity contribution >= 4 is 23.2 Å². The lowest BCUT2D eigenvalue weighted by Crippen LogP contribution is -2.14. The molecule has 0 fully saturated rings. The van der Waals surface area contributed by atoms with Crippen molar-refractivity contribution in [3.63, 3.8) is 0 Å². The van der Waals surface area contributed by atoms with Gasteiger partial charge in [0.2, 0.25) is 5.91 Å². The summed E-state index contributed by atoms with van der Waals surface area (Å²) >= 11 is 0. The lowest BCUT2D eigenvalue weighted by atomic mass is 10.1. The monoisotopic (exact) mass is 298 g/mol. The molecule has 0 aliphatic carbocycles. The third kappa shape index (κ3) is 3.71. The van der Waals surface area contributed by atoms with Crippen LogP contribution in [0.25, 0.3) is 0 Å². The molecule has 2 rings (SSSR count). The number of aliphatic hydroxyl groups is 1. The number of benzene rings is 2. The van der Waals surface area contributed by atoms with E-state index in [0.29, 0.717) is 22.5 Å². The molecule has 0 aliphatic rings. The maximum atomic E-state index is 12.3. The van der Waals surface area contributed by atoms with Crippen LogP contribution >= 0.6 is 0 Å². The highest BCUT2D eigenvalue weighted by atomic mass is 16.3. The van der Waals surface area contributed by atoms with Crippen molar-refractivity contribution in [1.82, 2.24) is 0 Å². The van der Waals surface area contributed by atoms with Gasteiger partial charge in [-0.25, -0.2) is 0 Å². The summed E-state index contributed by atoms with van der Waals surface area (Å²) in [5.41, 5.74) is 3.29. The van der Waals surface area contributed by atoms with E-state index in [-0.39, 0.29) is 18.4 Å². The second-order valence-corrected chi connectivity index (χ2v) is 4.98. The average Bonchev–Trinajstić information content (AvgIpc) is 2.49. The second kappa shape index (κ2) is 6.87. The number of para-hydroxylation sites is 1. The Kier molecular flexibility index (Phi) is 4.91. The summed E-state index contributed by atoms with van der Waals surface area (Å²) in [5, 5.41) is 14.8. The summed E-state index contributed by atoms with van der Waals surface area (Å²) in [6.07, 6.45) is 0. The molecule has 2 aromatic carbocycles. The van der Waals surface area contributed by atoms with E-state index in [1.165, 1.54) is 6.92 Å². The van der Waals surface area contributed by atoms with Crippen LogP contribution < -0.4 is 10.6 Å². The molecule has 2 aromatic rings. The van der Waals surface area contributed by atoms with Gasteiger partial charge < -0.3 is 15.7 Å². The summed E-state index contributed by atoms with van der Waals surface area (Å²) in [6.45, 7) is 3.16. The molecule has 0 saturated carbocycles. The molecule has 22 heavy (non-hydrogen) atoms. The van der Waals surface area contributed by atoms with Crippen molar-refractivity contribution in [2.75, 3.05) is 10.6 Å². The molecule has 0 radical (unpaired) electrons. The Morgan fingerprint density at radius 2 is 1.73 bits per heavy atom. The number of carbonyl (C=O) groups is 2. The standard InChI is InChI=1S/C17H18N2O3/c1-11-4-3-5-14(10-20)16(11)19-17(22)13-6-8-15(9-7-13)18-12(2)21/h3-9,20H,10H2,1-2H3,(H,18,21)(H,19,22). The first-order chi connectivity index (χ1) is 10.5. The molecule has 5 heteroatoms. The zero-order chi connectivity index (χ0) is 16.1. The lowest BCUT2D eigenvalue weighted by Gasteiger charge is -2.12. The number of hydrogen-bond acceptors (Lipinski definition) is 3. The van der Waals surface area contributed by atoms with E-state index in [1.54, 1.807) is 30.3 Å². The van der Waals surface area contributed by atoms with E-state index in [1.807, 2.05) is 19.1 Å². The van der Waals surface area contributed by atoms with Crippen molar-refractivity contribution in [2.24, 2.45) is 0 Å². The molecule has 114 valence electrons. The Morgan fingerprint density at radius 3 is 2.32 bits per heavy atom. The molecule has 0 saturated heterocycles. The van der Waals surface area contributed by atoms with Crippen molar-refractivity contribution in [3.8, 4) is 0 Å². The summed E-state index contributed by atoms with van der Waals surface area (Å²) in [4.78, 5) is 23.3. The van der Waals surface area contributed by atoms with E-state index in [0.717, 1.165) is 5.56 Å². The molecule has 0 atom stereocenters. The predicted molar refractivity (Wildman–Crippen MR) is 85.8 cm³/mol. The van der Waals surface area contributed by atoms with Gasteiger partial charge in [0.05, 0.1) is 6.61 Å². The van der Waals surface area contributed by atoms with E-state index in [4.69, 9.17) is 0 Å². The van der Waals surface area contributed by atoms with Gasteiger partial charge in [0.1, 0.15) is 0 Å². The summed E-state index contributed by atoms with van der Waals surface area (Å²) in [5.74, 6) is -0.428. The SMILES string of the molecule is CC(=O)Nc1ccc(C(=O)Nc2c(C)cccc2CO)cc1. The molecule has 0 aromatic heterocycles. The Labute approximate surface area is 129 Å². The maximum absolute atomic E-state index is 12.3. The van der Waals surface area contributed by atoms with Crippen LogP contribution in [0.3, 0.4) is 0 Å². The Bertz CT molecular complexity index is 694. The van der Waals surface area contributed by atoms with Crippen LogP contribution in [0.2, 0.25) is 0 Å². The Balaban J connectivity index is 2.17. The van der Waals surface area contributed by atoms with Crippen LogP contribution in [0, 0.1) is 6.92 Å². The first-order valence-electron chi connectivity index (χ1n) is 6.89. The first kappa shape index (κ1) is 15.7. The predicted octanol–water partition coefficient (Wildman–Crippen LogP) is 2.70. The summed E-state index contributed by atoms with van der Waals surface area (Å²) in [6, 6.07) is 12.1. The minimum Gasteiger partial charge on any atom is -0.392 e. The van der Waals surface area contributed by atoms with Gasteiger partial charge in [0, 0.05) is 29.4 Å². The number of anilines is 2. The molecule has 0 aliphatic heterocycles. The van der Waals surface area contributed by atoms with Gasteiger partial charge in [-0.15, -0.1) is 0 Å². The van der Waals surface area contributed by atoms with Crippen LogP contribution in [-0.4, -0.2) is 16.9 Å². The number of nitrogens with one attached hydrogen (secondary N) is 2. The molecular formula is C17H18N2O3. The van der Waals surface area contributed by atoms with Gasteiger partial charge in [0.25, 0.3) is 5.91 Å². The van der Waals surface area contributed by atoms with Gasteiger partial charge in [-0.2, -0.15) is 0 Å². The molecule has 0 heterocycles. The molecule has 0 bridgehead atoms. The van der Waals surface area contributed by atoms with Crippen LogP contribution in [0.5, 0.6) is 0 Å². The normalized spacial score (nSPS) is 10.1. The van der Waals surface area contributed by atoms with Crippen LogP contribution in [0.1, 0.15) is 28.4 Å². The molecule has 5 nitrogen and oxygen atoms in total. The third-order valence-corrected chi connectivity index (χ3v) is 3.24. The number of rotatable bonds is 4. The molecule has 2 amide bonds. The van der Waals surface area contributed by atoms with Crippen LogP contribution in [-0.2, 0) is 11.4 Å². The Hall–Kier alpha value is -2.66. The molecular weight excluding hydrogens is 280 g/mol. The fraction of sp³-hybridized carbons (Fsp3) is 0.176. The highest BCUT2D eigenvalue weighted by Gasteiger charge is 2.11. The van der Waals surface area contributed by atoms with Crippen molar-refractivity contribution < 1.29 is 14.7 Å². The number of amides is 2. The van der Waals surface area contributed by atoms with E-state index >= 15 is 0 Å². The van der Waals surface area contributed by atoms with Gasteiger partial charge in [-0.3, -0.25) is 9.59 Å². The summed E-state index contributed by atoms with van der Waals surface area (Å²) in [7, 11) is 0. The van der Waals surface area contributed by atoms with E-state index in [2.05, 4.69) is 10.6 Å². The number of aliphatic hydroxyl groups excluding tert-OH is 1. The summed E-state index contributed by atoms with van der Waals surface area (Å²) < 4.78 is 0. The molecule has 3 N–H and O–H groups in total. The van der Waals surface area contributed by atoms with E-state index in [9.17, 15) is 14.7 Å². The van der Waals surface area contributed by atoms with Gasteiger partial charge in [-0.1, -0.05) is 18.2 Å². The lowest BCUT2D eigenvalue weighted by molar-refractivity contribution is -0.114. The molecule has 0 unspecified atom stereocenters. The smallest absolute Gasteiger partial charge is 0.255 e. The zero-order valence-corrected chi connectivity index (χ0v) is 12.5. The van der Waals surface area contributed by atoms with Gasteiger partial charge in [-0.05, 0) is 36.8 Å². The molecule has 0 spiro atoms. The number of carbonyl (C=O) groups excluding carboxylic acids is 2. The Morgan fingerprint density at radius 1 is 1.05 bits per heavy atom. The number of aryl methyl sites for hydroxylation is 1. The van der Waals surface area contributed by atoms with Crippen molar-refractivity contribution in [3.05, 3.63) is 59.2 Å². The van der Waals surface area contributed by atoms with Crippen molar-refractivity contribution in [2.45, 2.75) is 20.5 Å². The minimum absolute atomic E-state index is 0.140. The van der Waals surface area contributed by atoms with E-state index < -0.39 is 0 Å². The fourth-order valence-electron chi connectivity index (χ4n) is 2.13. The quantitative estimate of drug-likeness (QED) is 0.812. The maximum Gasteiger partial charge on any atom is 0.255 e. The average molecular weight is 298 g/mol. The fourth-order valence-corrected chi connectivity index (χ4v) is 2.13. The topological polar surface area (TPSA) is 78.4 Å². The van der Waals surface area contributed by atoms with Crippen molar-refractivity contribution in [1.29, 1.82) is 0 Å². The van der Waals surface area contributed by atoms with Crippen LogP contribution in [0.4, 0.5) is 11.4 Å². The first-order valence-corrected chi connectivity index (χ1v) is 6.89. The zero-order valence-electron chi connectivity index (χ0n) is 12.5. The largest absolute Gasteiger partial charge is 0.392 e. The highest BCUT2D eigenvalue weighted by molar-refractivity contribution is 6.05. The van der Waals surface area contributed by atoms with Crippen LogP contribution in [0.15, 0.2) is 42.5 Å². The highest BCUT2D eigenvalue weighted by Crippen LogP contribution is 2.21.